The number of rotatable bonds is 6. The van der Waals surface area contributed by atoms with Gasteiger partial charge in [-0.2, -0.15) is 13.2 Å². The lowest BCUT2D eigenvalue weighted by atomic mass is 9.75. The van der Waals surface area contributed by atoms with Crippen molar-refractivity contribution in [2.45, 2.75) is 56.9 Å². The third-order valence-corrected chi connectivity index (χ3v) is 6.42. The minimum absolute atomic E-state index is 0.0629. The highest BCUT2D eigenvalue weighted by molar-refractivity contribution is 5.67. The molecule has 0 aliphatic heterocycles. The first kappa shape index (κ1) is 25.9. The topological polar surface area (TPSA) is 51.6 Å². The Morgan fingerprint density at radius 2 is 1.58 bits per heavy atom. The zero-order valence-corrected chi connectivity index (χ0v) is 19.8. The van der Waals surface area contributed by atoms with Crippen molar-refractivity contribution in [2.24, 2.45) is 0 Å². The Bertz CT molecular complexity index is 1220. The molecule has 1 aliphatic rings. The normalized spacial score (nSPS) is 17.0. The molecule has 192 valence electrons. The number of aromatic nitrogens is 1. The summed E-state index contributed by atoms with van der Waals surface area (Å²) in [4.78, 5) is 4.45. The van der Waals surface area contributed by atoms with Gasteiger partial charge in [0.25, 0.3) is 0 Å². The Hall–Kier alpha value is -3.20. The number of hydrogen-bond donors (Lipinski definition) is 1. The molecule has 0 bridgehead atoms. The quantitative estimate of drug-likeness (QED) is 0.363. The molecule has 0 unspecified atom stereocenters. The van der Waals surface area contributed by atoms with Crippen LogP contribution < -0.4 is 9.47 Å². The maximum absolute atomic E-state index is 13.8. The van der Waals surface area contributed by atoms with Gasteiger partial charge in [-0.3, -0.25) is 4.98 Å². The summed E-state index contributed by atoms with van der Waals surface area (Å²) in [5.41, 5.74) is -0.913. The second-order valence-electron chi connectivity index (χ2n) is 9.11. The molecule has 4 nitrogen and oxygen atoms in total. The first-order chi connectivity index (χ1) is 16.9. The minimum atomic E-state index is -4.66. The van der Waals surface area contributed by atoms with E-state index in [0.717, 1.165) is 17.7 Å². The lowest BCUT2D eigenvalue weighted by Gasteiger charge is -2.37. The Morgan fingerprint density at radius 3 is 2.19 bits per heavy atom. The number of benzene rings is 2. The molecule has 1 saturated carbocycles. The molecule has 0 saturated heterocycles. The number of nitrogens with zero attached hydrogens (tertiary/aromatic N) is 1. The van der Waals surface area contributed by atoms with Crippen LogP contribution in [0.2, 0.25) is 0 Å². The summed E-state index contributed by atoms with van der Waals surface area (Å²) in [5, 5.41) is 11.3. The van der Waals surface area contributed by atoms with Gasteiger partial charge in [-0.25, -0.2) is 8.78 Å². The van der Waals surface area contributed by atoms with Crippen LogP contribution in [0.25, 0.3) is 11.3 Å². The molecule has 0 amide bonds. The Labute approximate surface area is 205 Å². The largest absolute Gasteiger partial charge is 0.497 e. The smallest absolute Gasteiger partial charge is 0.416 e. The lowest BCUT2D eigenvalue weighted by Crippen LogP contribution is -2.37. The summed E-state index contributed by atoms with van der Waals surface area (Å²) in [6.07, 6.45) is -6.61. The number of pyridine rings is 1. The highest BCUT2D eigenvalue weighted by Crippen LogP contribution is 2.47. The maximum atomic E-state index is 13.8. The van der Waals surface area contributed by atoms with Gasteiger partial charge in [-0.1, -0.05) is 18.2 Å². The molecule has 0 spiro atoms. The van der Waals surface area contributed by atoms with Gasteiger partial charge in [-0.05, 0) is 55.2 Å². The van der Waals surface area contributed by atoms with E-state index in [2.05, 4.69) is 4.98 Å². The van der Waals surface area contributed by atoms with Crippen molar-refractivity contribution in [2.75, 3.05) is 7.11 Å². The fourth-order valence-corrected chi connectivity index (χ4v) is 4.37. The van der Waals surface area contributed by atoms with Crippen molar-refractivity contribution in [3.63, 3.8) is 0 Å². The van der Waals surface area contributed by atoms with E-state index < -0.39 is 36.1 Å². The molecule has 1 fully saturated rings. The lowest BCUT2D eigenvalue weighted by molar-refractivity contribution is -0.138. The SMILES string of the molecule is COc1ccc(COc2cc(C)nc(-c3ccc(C(F)(F)F)cc3C3(O)CCC(F)(F)CC3)c2)cc1. The van der Waals surface area contributed by atoms with Gasteiger partial charge >= 0.3 is 6.18 Å². The summed E-state index contributed by atoms with van der Waals surface area (Å²) in [6.45, 7) is 1.94. The van der Waals surface area contributed by atoms with Crippen LogP contribution in [0, 0.1) is 6.92 Å². The summed E-state index contributed by atoms with van der Waals surface area (Å²) in [5.74, 6) is -1.83. The standard InChI is InChI=1S/C27H26F5NO3/c1-17-13-21(36-16-18-3-6-20(35-2)7-4-18)15-24(33-17)22-8-5-19(27(30,31)32)14-23(22)25(34)9-11-26(28,29)12-10-25/h3-8,13-15,34H,9-12,16H2,1-2H3. The average Bonchev–Trinajstić information content (AvgIpc) is 2.84. The molecule has 1 heterocycles. The molecule has 4 rings (SSSR count). The summed E-state index contributed by atoms with van der Waals surface area (Å²) in [6, 6.07) is 13.5. The van der Waals surface area contributed by atoms with E-state index in [0.29, 0.717) is 17.2 Å². The van der Waals surface area contributed by atoms with E-state index in [4.69, 9.17) is 9.47 Å². The van der Waals surface area contributed by atoms with Gasteiger partial charge in [0.15, 0.2) is 0 Å². The van der Waals surface area contributed by atoms with Crippen molar-refractivity contribution < 1.29 is 36.5 Å². The molecule has 36 heavy (non-hydrogen) atoms. The van der Waals surface area contributed by atoms with Crippen LogP contribution >= 0.6 is 0 Å². The average molecular weight is 507 g/mol. The fourth-order valence-electron chi connectivity index (χ4n) is 4.37. The van der Waals surface area contributed by atoms with E-state index in [-0.39, 0.29) is 36.3 Å². The van der Waals surface area contributed by atoms with Crippen LogP contribution in [0.15, 0.2) is 54.6 Å². The summed E-state index contributed by atoms with van der Waals surface area (Å²) in [7, 11) is 1.57. The van der Waals surface area contributed by atoms with Gasteiger partial charge < -0.3 is 14.6 Å². The number of methoxy groups -OCH3 is 1. The number of aliphatic hydroxyl groups is 1. The molecule has 1 N–H and O–H groups in total. The molecule has 0 atom stereocenters. The molecule has 1 aromatic heterocycles. The van der Waals surface area contributed by atoms with Crippen LogP contribution in [-0.2, 0) is 18.4 Å². The second-order valence-corrected chi connectivity index (χ2v) is 9.11. The number of hydrogen-bond acceptors (Lipinski definition) is 4. The monoisotopic (exact) mass is 507 g/mol. The molecule has 0 radical (unpaired) electrons. The zero-order valence-electron chi connectivity index (χ0n) is 19.8. The van der Waals surface area contributed by atoms with Gasteiger partial charge in [0.05, 0.1) is 24.0 Å². The predicted molar refractivity (Wildman–Crippen MR) is 124 cm³/mol. The van der Waals surface area contributed by atoms with Crippen molar-refractivity contribution in [1.29, 1.82) is 0 Å². The minimum Gasteiger partial charge on any atom is -0.497 e. The van der Waals surface area contributed by atoms with Crippen LogP contribution in [0.4, 0.5) is 22.0 Å². The molecular weight excluding hydrogens is 481 g/mol. The molecular formula is C27H26F5NO3. The van der Waals surface area contributed by atoms with Gasteiger partial charge in [-0.15, -0.1) is 0 Å². The number of halogens is 5. The van der Waals surface area contributed by atoms with E-state index >= 15 is 0 Å². The highest BCUT2D eigenvalue weighted by Gasteiger charge is 2.45. The first-order valence-corrected chi connectivity index (χ1v) is 11.5. The first-order valence-electron chi connectivity index (χ1n) is 11.5. The van der Waals surface area contributed by atoms with E-state index in [1.165, 1.54) is 6.07 Å². The van der Waals surface area contributed by atoms with Crippen LogP contribution in [-0.4, -0.2) is 23.1 Å². The molecule has 2 aromatic carbocycles. The van der Waals surface area contributed by atoms with Crippen molar-refractivity contribution in [1.82, 2.24) is 4.98 Å². The van der Waals surface area contributed by atoms with Crippen molar-refractivity contribution >= 4 is 0 Å². The van der Waals surface area contributed by atoms with E-state index in [1.54, 1.807) is 38.3 Å². The van der Waals surface area contributed by atoms with E-state index in [1.807, 2.05) is 12.1 Å². The number of alkyl halides is 5. The van der Waals surface area contributed by atoms with Crippen LogP contribution in [0.3, 0.4) is 0 Å². The van der Waals surface area contributed by atoms with E-state index in [9.17, 15) is 27.1 Å². The number of ether oxygens (including phenoxy) is 2. The second kappa shape index (κ2) is 9.69. The maximum Gasteiger partial charge on any atom is 0.416 e. The van der Waals surface area contributed by atoms with Gasteiger partial charge in [0.1, 0.15) is 18.1 Å². The number of aryl methyl sites for hydroxylation is 1. The van der Waals surface area contributed by atoms with Gasteiger partial charge in [0.2, 0.25) is 5.92 Å². The Kier molecular flexibility index (Phi) is 6.96. The summed E-state index contributed by atoms with van der Waals surface area (Å²) >= 11 is 0. The van der Waals surface area contributed by atoms with Crippen molar-refractivity contribution in [3.8, 4) is 22.8 Å². The van der Waals surface area contributed by atoms with Gasteiger partial charge in [0, 0.05) is 36.2 Å². The molecule has 9 heteroatoms. The van der Waals surface area contributed by atoms with Crippen LogP contribution in [0.5, 0.6) is 11.5 Å². The third kappa shape index (κ3) is 5.78. The molecule has 1 aliphatic carbocycles. The predicted octanol–water partition coefficient (Wildman–Crippen LogP) is 7.06. The zero-order chi connectivity index (χ0) is 26.1. The fraction of sp³-hybridized carbons (Fsp3) is 0.370. The van der Waals surface area contributed by atoms with Crippen molar-refractivity contribution in [3.05, 3.63) is 77.0 Å². The molecule has 3 aromatic rings. The Morgan fingerprint density at radius 1 is 0.917 bits per heavy atom. The highest BCUT2D eigenvalue weighted by atomic mass is 19.4. The summed E-state index contributed by atoms with van der Waals surface area (Å²) < 4.78 is 79.2. The Balaban J connectivity index is 1.70. The van der Waals surface area contributed by atoms with Crippen LogP contribution in [0.1, 0.15) is 48.1 Å². The third-order valence-electron chi connectivity index (χ3n) is 6.42.